The molecule has 5 heteroatoms. The third-order valence-electron chi connectivity index (χ3n) is 3.88. The molecule has 0 saturated carbocycles. The van der Waals surface area contributed by atoms with Crippen LogP contribution in [0.2, 0.25) is 0 Å². The lowest BCUT2D eigenvalue weighted by atomic mass is 10.1. The summed E-state index contributed by atoms with van der Waals surface area (Å²) in [6, 6.07) is 8.18. The van der Waals surface area contributed by atoms with Crippen molar-refractivity contribution < 1.29 is 0 Å². The van der Waals surface area contributed by atoms with Gasteiger partial charge < -0.3 is 5.32 Å². The molecule has 0 bridgehead atoms. The van der Waals surface area contributed by atoms with Crippen molar-refractivity contribution in [3.8, 4) is 0 Å². The van der Waals surface area contributed by atoms with Gasteiger partial charge in [-0.2, -0.15) is 0 Å². The number of aryl methyl sites for hydroxylation is 2. The molecule has 0 aliphatic carbocycles. The number of aromatic nitrogens is 4. The predicted molar refractivity (Wildman–Crippen MR) is 87.5 cm³/mol. The SMILES string of the molecule is Cc1cccc(C)c1Nc1nc2cnccc2n2cncc12. The van der Waals surface area contributed by atoms with Crippen molar-refractivity contribution in [3.05, 3.63) is 60.3 Å². The molecule has 1 N–H and O–H groups in total. The Hall–Kier alpha value is -2.95. The molecule has 1 aromatic carbocycles. The number of nitrogens with zero attached hydrogens (tertiary/aromatic N) is 4. The van der Waals surface area contributed by atoms with Crippen LogP contribution in [0.4, 0.5) is 11.5 Å². The van der Waals surface area contributed by atoms with Gasteiger partial charge in [0.15, 0.2) is 5.82 Å². The van der Waals surface area contributed by atoms with Crippen LogP contribution in [0.5, 0.6) is 0 Å². The normalized spacial score (nSPS) is 11.2. The van der Waals surface area contributed by atoms with Gasteiger partial charge in [0, 0.05) is 11.9 Å². The molecule has 0 fully saturated rings. The number of hydrogen-bond donors (Lipinski definition) is 1. The van der Waals surface area contributed by atoms with E-state index in [0.717, 1.165) is 28.1 Å². The van der Waals surface area contributed by atoms with Crippen molar-refractivity contribution in [2.75, 3.05) is 5.32 Å². The summed E-state index contributed by atoms with van der Waals surface area (Å²) in [6.45, 7) is 4.18. The van der Waals surface area contributed by atoms with E-state index in [2.05, 4.69) is 47.3 Å². The minimum Gasteiger partial charge on any atom is -0.338 e. The highest BCUT2D eigenvalue weighted by molar-refractivity contribution is 5.85. The molecule has 0 aliphatic rings. The van der Waals surface area contributed by atoms with Gasteiger partial charge in [-0.25, -0.2) is 9.97 Å². The van der Waals surface area contributed by atoms with Crippen LogP contribution >= 0.6 is 0 Å². The molecule has 0 amide bonds. The maximum Gasteiger partial charge on any atom is 0.157 e. The van der Waals surface area contributed by atoms with Gasteiger partial charge in [0.2, 0.25) is 0 Å². The van der Waals surface area contributed by atoms with Crippen LogP contribution in [0.3, 0.4) is 0 Å². The third-order valence-corrected chi connectivity index (χ3v) is 3.88. The first kappa shape index (κ1) is 12.8. The fourth-order valence-corrected chi connectivity index (χ4v) is 2.73. The van der Waals surface area contributed by atoms with Crippen molar-refractivity contribution in [2.24, 2.45) is 0 Å². The Bertz CT molecular complexity index is 967. The summed E-state index contributed by atoms with van der Waals surface area (Å²) < 4.78 is 2.03. The van der Waals surface area contributed by atoms with E-state index in [9.17, 15) is 0 Å². The zero-order chi connectivity index (χ0) is 15.1. The number of rotatable bonds is 2. The number of anilines is 2. The highest BCUT2D eigenvalue weighted by Gasteiger charge is 2.11. The van der Waals surface area contributed by atoms with Crippen molar-refractivity contribution in [1.29, 1.82) is 0 Å². The van der Waals surface area contributed by atoms with Crippen molar-refractivity contribution in [2.45, 2.75) is 13.8 Å². The number of fused-ring (bicyclic) bond motifs is 3. The summed E-state index contributed by atoms with van der Waals surface area (Å²) in [7, 11) is 0. The zero-order valence-electron chi connectivity index (χ0n) is 12.4. The topological polar surface area (TPSA) is 55.1 Å². The second kappa shape index (κ2) is 4.80. The summed E-state index contributed by atoms with van der Waals surface area (Å²) in [5.74, 6) is 0.787. The Labute approximate surface area is 127 Å². The predicted octanol–water partition coefficient (Wildman–Crippen LogP) is 3.64. The number of para-hydroxylation sites is 1. The number of nitrogens with one attached hydrogen (secondary N) is 1. The molecule has 4 rings (SSSR count). The Kier molecular flexibility index (Phi) is 2.79. The molecule has 108 valence electrons. The molecular formula is C17H15N5. The lowest BCUT2D eigenvalue weighted by Crippen LogP contribution is -2.02. The van der Waals surface area contributed by atoms with Crippen LogP contribution in [0, 0.1) is 13.8 Å². The quantitative estimate of drug-likeness (QED) is 0.612. The van der Waals surface area contributed by atoms with Gasteiger partial charge >= 0.3 is 0 Å². The molecule has 3 aromatic heterocycles. The van der Waals surface area contributed by atoms with Crippen molar-refractivity contribution in [1.82, 2.24) is 19.4 Å². The summed E-state index contributed by atoms with van der Waals surface area (Å²) in [5, 5.41) is 3.46. The van der Waals surface area contributed by atoms with Crippen LogP contribution in [0.25, 0.3) is 16.6 Å². The number of pyridine rings is 1. The monoisotopic (exact) mass is 289 g/mol. The largest absolute Gasteiger partial charge is 0.338 e. The molecule has 22 heavy (non-hydrogen) atoms. The van der Waals surface area contributed by atoms with E-state index < -0.39 is 0 Å². The van der Waals surface area contributed by atoms with Gasteiger partial charge in [0.25, 0.3) is 0 Å². The van der Waals surface area contributed by atoms with Crippen molar-refractivity contribution >= 4 is 28.1 Å². The molecule has 0 aliphatic heterocycles. The molecule has 3 heterocycles. The molecule has 0 saturated heterocycles. The lowest BCUT2D eigenvalue weighted by molar-refractivity contribution is 1.17. The Morgan fingerprint density at radius 1 is 0.955 bits per heavy atom. The van der Waals surface area contributed by atoms with E-state index in [-0.39, 0.29) is 0 Å². The molecule has 4 aromatic rings. The van der Waals surface area contributed by atoms with Gasteiger partial charge in [-0.1, -0.05) is 18.2 Å². The van der Waals surface area contributed by atoms with Gasteiger partial charge in [-0.05, 0) is 31.0 Å². The second-order valence-electron chi connectivity index (χ2n) is 5.37. The standard InChI is InChI=1S/C17H15N5/c1-11-4-3-5-12(2)16(11)21-17-15-9-19-10-22(15)14-6-7-18-8-13(14)20-17/h3-10H,1-2H3,(H,20,21). The second-order valence-corrected chi connectivity index (χ2v) is 5.37. The third kappa shape index (κ3) is 1.90. The van der Waals surface area contributed by atoms with E-state index in [0.29, 0.717) is 0 Å². The summed E-state index contributed by atoms with van der Waals surface area (Å²) in [4.78, 5) is 13.1. The summed E-state index contributed by atoms with van der Waals surface area (Å²) in [6.07, 6.45) is 7.16. The molecule has 0 radical (unpaired) electrons. The van der Waals surface area contributed by atoms with Gasteiger partial charge in [0.1, 0.15) is 11.0 Å². The van der Waals surface area contributed by atoms with Crippen LogP contribution < -0.4 is 5.32 Å². The maximum atomic E-state index is 4.72. The molecule has 0 atom stereocenters. The van der Waals surface area contributed by atoms with Gasteiger partial charge in [-0.15, -0.1) is 0 Å². The Morgan fingerprint density at radius 3 is 2.59 bits per heavy atom. The van der Waals surface area contributed by atoms with Gasteiger partial charge in [0.05, 0.1) is 24.2 Å². The number of imidazole rings is 1. The number of benzene rings is 1. The minimum atomic E-state index is 0.787. The van der Waals surface area contributed by atoms with Crippen LogP contribution in [0.15, 0.2) is 49.2 Å². The molecule has 0 spiro atoms. The minimum absolute atomic E-state index is 0.787. The Balaban J connectivity index is 1.96. The fraction of sp³-hybridized carbons (Fsp3) is 0.118. The van der Waals surface area contributed by atoms with Crippen LogP contribution in [-0.2, 0) is 0 Å². The summed E-state index contributed by atoms with van der Waals surface area (Å²) in [5.41, 5.74) is 6.23. The van der Waals surface area contributed by atoms with E-state index in [4.69, 9.17) is 4.98 Å². The highest BCUT2D eigenvalue weighted by atomic mass is 15.1. The molecular weight excluding hydrogens is 274 g/mol. The van der Waals surface area contributed by atoms with Gasteiger partial charge in [-0.3, -0.25) is 9.38 Å². The zero-order valence-corrected chi connectivity index (χ0v) is 12.4. The first-order valence-electron chi connectivity index (χ1n) is 7.13. The Morgan fingerprint density at radius 2 is 1.77 bits per heavy atom. The van der Waals surface area contributed by atoms with Crippen LogP contribution in [0.1, 0.15) is 11.1 Å². The first-order chi connectivity index (χ1) is 10.7. The smallest absolute Gasteiger partial charge is 0.157 e. The van der Waals surface area contributed by atoms with Crippen LogP contribution in [-0.4, -0.2) is 19.4 Å². The lowest BCUT2D eigenvalue weighted by Gasteiger charge is -2.14. The van der Waals surface area contributed by atoms with E-state index in [1.807, 2.05) is 16.7 Å². The average molecular weight is 289 g/mol. The van der Waals surface area contributed by atoms with E-state index >= 15 is 0 Å². The fourth-order valence-electron chi connectivity index (χ4n) is 2.73. The van der Waals surface area contributed by atoms with Crippen molar-refractivity contribution in [3.63, 3.8) is 0 Å². The number of hydrogen-bond acceptors (Lipinski definition) is 4. The highest BCUT2D eigenvalue weighted by Crippen LogP contribution is 2.27. The van der Waals surface area contributed by atoms with E-state index in [1.54, 1.807) is 18.7 Å². The summed E-state index contributed by atoms with van der Waals surface area (Å²) >= 11 is 0. The molecule has 5 nitrogen and oxygen atoms in total. The maximum absolute atomic E-state index is 4.72. The first-order valence-corrected chi connectivity index (χ1v) is 7.13. The molecule has 0 unspecified atom stereocenters. The van der Waals surface area contributed by atoms with E-state index in [1.165, 1.54) is 11.1 Å². The average Bonchev–Trinajstić information content (AvgIpc) is 3.01.